The van der Waals surface area contributed by atoms with Gasteiger partial charge in [0.15, 0.2) is 6.10 Å². The summed E-state index contributed by atoms with van der Waals surface area (Å²) in [4.78, 5) is 12.0. The Labute approximate surface area is 128 Å². The van der Waals surface area contributed by atoms with Gasteiger partial charge in [0.2, 0.25) is 0 Å². The lowest BCUT2D eigenvalue weighted by molar-refractivity contribution is -0.128. The Morgan fingerprint density at radius 1 is 1.29 bits per heavy atom. The van der Waals surface area contributed by atoms with Gasteiger partial charge in [-0.05, 0) is 58.2 Å². The van der Waals surface area contributed by atoms with Gasteiger partial charge in [-0.2, -0.15) is 0 Å². The van der Waals surface area contributed by atoms with Crippen molar-refractivity contribution in [3.8, 4) is 5.75 Å². The van der Waals surface area contributed by atoms with Crippen LogP contribution in [0.1, 0.15) is 46.6 Å². The number of carbonyl (C=O) groups is 1. The molecule has 1 rings (SSSR count). The van der Waals surface area contributed by atoms with Crippen LogP contribution in [0.2, 0.25) is 0 Å². The van der Waals surface area contributed by atoms with Gasteiger partial charge in [0.25, 0.3) is 5.91 Å². The lowest BCUT2D eigenvalue weighted by Gasteiger charge is -2.23. The minimum absolute atomic E-state index is 0.111. The van der Waals surface area contributed by atoms with Crippen molar-refractivity contribution < 1.29 is 9.53 Å². The molecule has 0 bridgehead atoms. The molecule has 1 aromatic carbocycles. The Hall–Kier alpha value is -1.55. The number of ether oxygens (including phenoxy) is 1. The van der Waals surface area contributed by atoms with Gasteiger partial charge in [-0.15, -0.1) is 0 Å². The highest BCUT2D eigenvalue weighted by molar-refractivity contribution is 5.81. The largest absolute Gasteiger partial charge is 0.481 e. The van der Waals surface area contributed by atoms with Crippen LogP contribution in [0.25, 0.3) is 0 Å². The number of nitrogens with one attached hydrogen (secondary N) is 1. The molecule has 21 heavy (non-hydrogen) atoms. The van der Waals surface area contributed by atoms with Gasteiger partial charge in [0, 0.05) is 11.6 Å². The van der Waals surface area contributed by atoms with Crippen LogP contribution in [0.4, 0.5) is 0 Å². The van der Waals surface area contributed by atoms with Crippen LogP contribution in [0.5, 0.6) is 5.75 Å². The maximum absolute atomic E-state index is 12.0. The van der Waals surface area contributed by atoms with Crippen molar-refractivity contribution in [3.05, 3.63) is 29.8 Å². The van der Waals surface area contributed by atoms with Crippen LogP contribution in [-0.4, -0.2) is 23.6 Å². The molecule has 1 amide bonds. The molecule has 0 spiro atoms. The number of nitrogens with two attached hydrogens (primary N) is 1. The van der Waals surface area contributed by atoms with Crippen molar-refractivity contribution in [2.45, 2.75) is 65.1 Å². The quantitative estimate of drug-likeness (QED) is 0.847. The molecule has 0 fully saturated rings. The minimum Gasteiger partial charge on any atom is -0.481 e. The molecule has 0 aliphatic rings. The van der Waals surface area contributed by atoms with Crippen LogP contribution < -0.4 is 15.8 Å². The van der Waals surface area contributed by atoms with Crippen LogP contribution in [0, 0.1) is 0 Å². The van der Waals surface area contributed by atoms with Gasteiger partial charge < -0.3 is 15.8 Å². The van der Waals surface area contributed by atoms with E-state index in [-0.39, 0.29) is 17.5 Å². The number of rotatable bonds is 6. The van der Waals surface area contributed by atoms with E-state index in [0.717, 1.165) is 12.8 Å². The second-order valence-corrected chi connectivity index (χ2v) is 6.52. The predicted molar refractivity (Wildman–Crippen MR) is 86.4 cm³/mol. The van der Waals surface area contributed by atoms with E-state index < -0.39 is 6.10 Å². The van der Waals surface area contributed by atoms with Crippen molar-refractivity contribution in [1.29, 1.82) is 0 Å². The minimum atomic E-state index is -0.520. The number of hydrogen-bond acceptors (Lipinski definition) is 3. The monoisotopic (exact) mass is 292 g/mol. The zero-order valence-corrected chi connectivity index (χ0v) is 13.8. The molecule has 0 heterocycles. The molecule has 1 aromatic rings. The first-order valence-electron chi connectivity index (χ1n) is 7.54. The zero-order valence-electron chi connectivity index (χ0n) is 13.8. The van der Waals surface area contributed by atoms with Crippen molar-refractivity contribution >= 4 is 5.91 Å². The summed E-state index contributed by atoms with van der Waals surface area (Å²) in [5.74, 6) is 0.583. The summed E-state index contributed by atoms with van der Waals surface area (Å²) in [6.07, 6.45) is 1.30. The first-order valence-corrected chi connectivity index (χ1v) is 7.54. The summed E-state index contributed by atoms with van der Waals surface area (Å²) in [7, 11) is 0. The van der Waals surface area contributed by atoms with E-state index in [1.807, 2.05) is 45.0 Å². The molecular weight excluding hydrogens is 264 g/mol. The molecule has 0 aliphatic heterocycles. The van der Waals surface area contributed by atoms with Crippen molar-refractivity contribution in [1.82, 2.24) is 5.32 Å². The standard InChI is InChI=1S/C17H28N2O2/c1-6-14(18)11-13-7-9-15(10-8-13)21-12(2)16(20)19-17(3,4)5/h7-10,12,14H,6,11,18H2,1-5H3,(H,19,20). The number of carbonyl (C=O) groups excluding carboxylic acids is 1. The summed E-state index contributed by atoms with van der Waals surface area (Å²) in [5.41, 5.74) is 6.87. The molecule has 0 aliphatic carbocycles. The SMILES string of the molecule is CCC(N)Cc1ccc(OC(C)C(=O)NC(C)(C)C)cc1. The average molecular weight is 292 g/mol. The fourth-order valence-corrected chi connectivity index (χ4v) is 1.88. The van der Waals surface area contributed by atoms with Crippen LogP contribution in [0.15, 0.2) is 24.3 Å². The molecule has 4 heteroatoms. The Balaban J connectivity index is 2.57. The summed E-state index contributed by atoms with van der Waals surface area (Å²) in [6.45, 7) is 9.68. The van der Waals surface area contributed by atoms with Gasteiger partial charge in [-0.25, -0.2) is 0 Å². The summed E-state index contributed by atoms with van der Waals surface area (Å²) < 4.78 is 5.67. The smallest absolute Gasteiger partial charge is 0.261 e. The average Bonchev–Trinajstić information content (AvgIpc) is 2.38. The maximum Gasteiger partial charge on any atom is 0.261 e. The van der Waals surface area contributed by atoms with Gasteiger partial charge in [0.05, 0.1) is 0 Å². The molecule has 0 aromatic heterocycles. The molecule has 0 saturated carbocycles. The van der Waals surface area contributed by atoms with Crippen LogP contribution in [0.3, 0.4) is 0 Å². The molecule has 118 valence electrons. The first-order chi connectivity index (χ1) is 9.71. The Kier molecular flexibility index (Phi) is 6.21. The van der Waals surface area contributed by atoms with Gasteiger partial charge in [-0.3, -0.25) is 4.79 Å². The van der Waals surface area contributed by atoms with Crippen molar-refractivity contribution in [2.24, 2.45) is 5.73 Å². The van der Waals surface area contributed by atoms with Crippen LogP contribution in [-0.2, 0) is 11.2 Å². The highest BCUT2D eigenvalue weighted by atomic mass is 16.5. The molecule has 0 saturated heterocycles. The van der Waals surface area contributed by atoms with Gasteiger partial charge in [-0.1, -0.05) is 19.1 Å². The molecular formula is C17H28N2O2. The van der Waals surface area contributed by atoms with Crippen LogP contribution >= 0.6 is 0 Å². The van der Waals surface area contributed by atoms with E-state index in [9.17, 15) is 4.79 Å². The van der Waals surface area contributed by atoms with Gasteiger partial charge >= 0.3 is 0 Å². The summed E-state index contributed by atoms with van der Waals surface area (Å²) >= 11 is 0. The van der Waals surface area contributed by atoms with Gasteiger partial charge in [0.1, 0.15) is 5.75 Å². The van der Waals surface area contributed by atoms with Crippen molar-refractivity contribution in [2.75, 3.05) is 0 Å². The summed E-state index contributed by atoms with van der Waals surface area (Å²) in [5, 5.41) is 2.90. The van der Waals surface area contributed by atoms with E-state index in [1.165, 1.54) is 5.56 Å². The Bertz CT molecular complexity index is 449. The summed E-state index contributed by atoms with van der Waals surface area (Å²) in [6, 6.07) is 7.96. The highest BCUT2D eigenvalue weighted by Gasteiger charge is 2.20. The lowest BCUT2D eigenvalue weighted by Crippen LogP contribution is -2.46. The normalized spacial score (nSPS) is 14.4. The Morgan fingerprint density at radius 2 is 1.86 bits per heavy atom. The van der Waals surface area contributed by atoms with E-state index in [1.54, 1.807) is 6.92 Å². The first kappa shape index (κ1) is 17.5. The fourth-order valence-electron chi connectivity index (χ4n) is 1.88. The van der Waals surface area contributed by atoms with E-state index >= 15 is 0 Å². The maximum atomic E-state index is 12.0. The molecule has 2 unspecified atom stereocenters. The fraction of sp³-hybridized carbons (Fsp3) is 0.588. The molecule has 0 radical (unpaired) electrons. The predicted octanol–water partition coefficient (Wildman–Crippen LogP) is 2.65. The molecule has 3 N–H and O–H groups in total. The zero-order chi connectivity index (χ0) is 16.0. The highest BCUT2D eigenvalue weighted by Crippen LogP contribution is 2.15. The number of benzene rings is 1. The molecule has 2 atom stereocenters. The third-order valence-electron chi connectivity index (χ3n) is 3.13. The van der Waals surface area contributed by atoms with E-state index in [0.29, 0.717) is 5.75 Å². The van der Waals surface area contributed by atoms with Crippen molar-refractivity contribution in [3.63, 3.8) is 0 Å². The molecule has 4 nitrogen and oxygen atoms in total. The van der Waals surface area contributed by atoms with E-state index in [2.05, 4.69) is 12.2 Å². The lowest BCUT2D eigenvalue weighted by atomic mass is 10.0. The number of amides is 1. The third-order valence-corrected chi connectivity index (χ3v) is 3.13. The second-order valence-electron chi connectivity index (χ2n) is 6.52. The Morgan fingerprint density at radius 3 is 2.33 bits per heavy atom. The van der Waals surface area contributed by atoms with E-state index in [4.69, 9.17) is 10.5 Å². The topological polar surface area (TPSA) is 64.3 Å². The number of hydrogen-bond donors (Lipinski definition) is 2. The third kappa shape index (κ3) is 6.63. The second kappa shape index (κ2) is 7.46.